The van der Waals surface area contributed by atoms with Crippen molar-refractivity contribution < 1.29 is 4.79 Å². The van der Waals surface area contributed by atoms with E-state index in [1.165, 1.54) is 0 Å². The molecule has 17 heavy (non-hydrogen) atoms. The van der Waals surface area contributed by atoms with Gasteiger partial charge in [0.05, 0.1) is 6.20 Å². The van der Waals surface area contributed by atoms with Crippen LogP contribution in [0.5, 0.6) is 0 Å². The summed E-state index contributed by atoms with van der Waals surface area (Å²) in [6.07, 6.45) is 5.39. The van der Waals surface area contributed by atoms with Gasteiger partial charge in [-0.1, -0.05) is 0 Å². The Morgan fingerprint density at radius 2 is 2.35 bits per heavy atom. The van der Waals surface area contributed by atoms with Crippen LogP contribution < -0.4 is 11.1 Å². The molecule has 0 aliphatic carbocycles. The topological polar surface area (TPSA) is 72.9 Å². The number of rotatable bonds is 5. The third-order valence-electron chi connectivity index (χ3n) is 2.61. The molecule has 0 aliphatic rings. The van der Waals surface area contributed by atoms with Crippen molar-refractivity contribution in [1.82, 2.24) is 15.1 Å². The van der Waals surface area contributed by atoms with Crippen LogP contribution in [0.15, 0.2) is 12.4 Å². The van der Waals surface area contributed by atoms with E-state index in [9.17, 15) is 4.79 Å². The quantitative estimate of drug-likeness (QED) is 0.812. The van der Waals surface area contributed by atoms with Gasteiger partial charge in [-0.2, -0.15) is 16.9 Å². The molecule has 0 aromatic carbocycles. The van der Waals surface area contributed by atoms with Crippen molar-refractivity contribution in [1.29, 1.82) is 0 Å². The van der Waals surface area contributed by atoms with E-state index in [0.717, 1.165) is 5.56 Å². The number of aromatic nitrogens is 2. The van der Waals surface area contributed by atoms with E-state index in [2.05, 4.69) is 24.3 Å². The summed E-state index contributed by atoms with van der Waals surface area (Å²) in [4.78, 5) is 11.8. The minimum absolute atomic E-state index is 0.0182. The molecule has 0 bridgehead atoms. The second kappa shape index (κ2) is 5.55. The fourth-order valence-corrected chi connectivity index (χ4v) is 1.45. The molecule has 0 saturated carbocycles. The van der Waals surface area contributed by atoms with Crippen molar-refractivity contribution in [2.45, 2.75) is 24.6 Å². The number of carbonyl (C=O) groups is 1. The first kappa shape index (κ1) is 14.1. The Hall–Kier alpha value is -1.01. The van der Waals surface area contributed by atoms with Crippen LogP contribution in [0.2, 0.25) is 0 Å². The maximum absolute atomic E-state index is 11.8. The van der Waals surface area contributed by atoms with E-state index in [0.29, 0.717) is 6.54 Å². The van der Waals surface area contributed by atoms with E-state index in [1.54, 1.807) is 35.9 Å². The Kier molecular flexibility index (Phi) is 4.59. The lowest BCUT2D eigenvalue weighted by Gasteiger charge is -2.23. The van der Waals surface area contributed by atoms with Crippen LogP contribution in [-0.2, 0) is 11.8 Å². The minimum atomic E-state index is -0.652. The van der Waals surface area contributed by atoms with Gasteiger partial charge in [0.15, 0.2) is 0 Å². The summed E-state index contributed by atoms with van der Waals surface area (Å²) in [5.41, 5.74) is 6.58. The van der Waals surface area contributed by atoms with Crippen molar-refractivity contribution in [2.24, 2.45) is 12.8 Å². The Balaban J connectivity index is 2.54. The summed E-state index contributed by atoms with van der Waals surface area (Å²) < 4.78 is 1.65. The summed E-state index contributed by atoms with van der Waals surface area (Å²) in [7, 11) is 1.80. The monoisotopic (exact) mass is 256 g/mol. The van der Waals surface area contributed by atoms with Crippen LogP contribution in [0.3, 0.4) is 0 Å². The van der Waals surface area contributed by atoms with Crippen LogP contribution in [-0.4, -0.2) is 33.2 Å². The Labute approximate surface area is 106 Å². The zero-order valence-corrected chi connectivity index (χ0v) is 11.5. The van der Waals surface area contributed by atoms with Crippen LogP contribution in [0.25, 0.3) is 0 Å². The minimum Gasteiger partial charge on any atom is -0.353 e. The second-order valence-electron chi connectivity index (χ2n) is 4.61. The number of hydrogen-bond donors (Lipinski definition) is 2. The molecule has 1 aromatic rings. The maximum atomic E-state index is 11.8. The van der Waals surface area contributed by atoms with Crippen LogP contribution >= 0.6 is 11.8 Å². The lowest BCUT2D eigenvalue weighted by Crippen LogP contribution is -2.40. The molecule has 96 valence electrons. The van der Waals surface area contributed by atoms with Gasteiger partial charge in [0.1, 0.15) is 6.04 Å². The summed E-state index contributed by atoms with van der Waals surface area (Å²) in [5.74, 6) is -0.167. The number of nitrogens with zero attached hydrogens (tertiary/aromatic N) is 2. The average Bonchev–Trinajstić information content (AvgIpc) is 2.72. The van der Waals surface area contributed by atoms with Gasteiger partial charge < -0.3 is 11.1 Å². The Morgan fingerprint density at radius 1 is 1.71 bits per heavy atom. The number of carbonyl (C=O) groups excluding carboxylic acids is 1. The summed E-state index contributed by atoms with van der Waals surface area (Å²) in [6.45, 7) is 4.75. The number of aryl methyl sites for hydroxylation is 1. The van der Waals surface area contributed by atoms with E-state index in [4.69, 9.17) is 5.73 Å². The zero-order valence-electron chi connectivity index (χ0n) is 10.7. The molecular formula is C11H20N4OS. The van der Waals surface area contributed by atoms with Gasteiger partial charge in [0, 0.05) is 30.1 Å². The van der Waals surface area contributed by atoms with Crippen LogP contribution in [0.1, 0.15) is 25.5 Å². The second-order valence-corrected chi connectivity index (χ2v) is 6.12. The van der Waals surface area contributed by atoms with Crippen molar-refractivity contribution in [3.8, 4) is 0 Å². The summed E-state index contributed by atoms with van der Waals surface area (Å²) in [6, 6.07) is -0.652. The number of nitrogens with two attached hydrogens (primary N) is 1. The number of hydrogen-bond acceptors (Lipinski definition) is 4. The van der Waals surface area contributed by atoms with Crippen molar-refractivity contribution in [3.05, 3.63) is 18.0 Å². The normalized spacial score (nSPS) is 13.5. The first-order chi connectivity index (χ1) is 7.85. The lowest BCUT2D eigenvalue weighted by atomic mass is 10.1. The predicted octanol–water partition coefficient (Wildman–Crippen LogP) is 0.678. The standard InChI is InChI=1S/C11H20N4OS/c1-11(2,17-4)7-13-10(16)9(12)8-5-14-15(3)6-8/h5-6,9H,7,12H2,1-4H3,(H,13,16). The van der Waals surface area contributed by atoms with Gasteiger partial charge in [-0.25, -0.2) is 0 Å². The summed E-state index contributed by atoms with van der Waals surface area (Å²) >= 11 is 1.71. The molecule has 0 fully saturated rings. The highest BCUT2D eigenvalue weighted by Crippen LogP contribution is 2.20. The largest absolute Gasteiger partial charge is 0.353 e. The van der Waals surface area contributed by atoms with Gasteiger partial charge in [-0.05, 0) is 20.1 Å². The highest BCUT2D eigenvalue weighted by molar-refractivity contribution is 7.99. The molecule has 1 amide bonds. The molecule has 0 spiro atoms. The first-order valence-corrected chi connectivity index (χ1v) is 6.65. The molecule has 6 heteroatoms. The van der Waals surface area contributed by atoms with Crippen molar-refractivity contribution in [2.75, 3.05) is 12.8 Å². The molecule has 1 unspecified atom stereocenters. The van der Waals surface area contributed by atoms with Gasteiger partial charge >= 0.3 is 0 Å². The molecule has 1 heterocycles. The fourth-order valence-electron chi connectivity index (χ4n) is 1.23. The Bertz CT molecular complexity index is 389. The van der Waals surface area contributed by atoms with E-state index in [-0.39, 0.29) is 10.7 Å². The van der Waals surface area contributed by atoms with Crippen molar-refractivity contribution in [3.63, 3.8) is 0 Å². The molecule has 5 nitrogen and oxygen atoms in total. The highest BCUT2D eigenvalue weighted by Gasteiger charge is 2.21. The van der Waals surface area contributed by atoms with Gasteiger partial charge in [0.25, 0.3) is 0 Å². The smallest absolute Gasteiger partial charge is 0.241 e. The zero-order chi connectivity index (χ0) is 13.1. The molecule has 0 saturated heterocycles. The van der Waals surface area contributed by atoms with Crippen LogP contribution in [0.4, 0.5) is 0 Å². The SMILES string of the molecule is CSC(C)(C)CNC(=O)C(N)c1cnn(C)c1. The molecule has 0 aliphatic heterocycles. The third-order valence-corrected chi connectivity index (χ3v) is 3.86. The fraction of sp³-hybridized carbons (Fsp3) is 0.636. The molecule has 3 N–H and O–H groups in total. The van der Waals surface area contributed by atoms with Gasteiger partial charge in [-0.3, -0.25) is 9.48 Å². The molecule has 1 aromatic heterocycles. The lowest BCUT2D eigenvalue weighted by molar-refractivity contribution is -0.122. The number of thioether (sulfide) groups is 1. The average molecular weight is 256 g/mol. The highest BCUT2D eigenvalue weighted by atomic mass is 32.2. The summed E-state index contributed by atoms with van der Waals surface area (Å²) in [5, 5.41) is 6.86. The van der Waals surface area contributed by atoms with E-state index >= 15 is 0 Å². The van der Waals surface area contributed by atoms with Crippen molar-refractivity contribution >= 4 is 17.7 Å². The molecule has 1 atom stereocenters. The Morgan fingerprint density at radius 3 is 2.82 bits per heavy atom. The van der Waals surface area contributed by atoms with Gasteiger partial charge in [-0.15, -0.1) is 0 Å². The van der Waals surface area contributed by atoms with Gasteiger partial charge in [0.2, 0.25) is 5.91 Å². The molecule has 0 radical (unpaired) electrons. The first-order valence-electron chi connectivity index (χ1n) is 5.43. The predicted molar refractivity (Wildman–Crippen MR) is 70.7 cm³/mol. The van der Waals surface area contributed by atoms with E-state index in [1.807, 2.05) is 6.26 Å². The van der Waals surface area contributed by atoms with Crippen LogP contribution in [0, 0.1) is 0 Å². The number of amides is 1. The number of nitrogens with one attached hydrogen (secondary N) is 1. The molecule has 1 rings (SSSR count). The third kappa shape index (κ3) is 4.05. The van der Waals surface area contributed by atoms with E-state index < -0.39 is 6.04 Å². The maximum Gasteiger partial charge on any atom is 0.241 e. The molecular weight excluding hydrogens is 236 g/mol.